The van der Waals surface area contributed by atoms with Crippen molar-refractivity contribution in [3.05, 3.63) is 48.6 Å². The summed E-state index contributed by atoms with van der Waals surface area (Å²) in [6.45, 7) is 6.31. The molecule has 332 valence electrons. The highest BCUT2D eigenvalue weighted by atomic mass is 16.5. The van der Waals surface area contributed by atoms with Gasteiger partial charge in [0.2, 0.25) is 5.91 Å². The van der Waals surface area contributed by atoms with Gasteiger partial charge >= 0.3 is 5.97 Å². The fraction of sp³-hybridized carbons (Fsp3) is 0.804. The van der Waals surface area contributed by atoms with Crippen LogP contribution in [0.5, 0.6) is 0 Å². The van der Waals surface area contributed by atoms with E-state index in [-0.39, 0.29) is 24.9 Å². The summed E-state index contributed by atoms with van der Waals surface area (Å²) in [6, 6.07) is -0.708. The van der Waals surface area contributed by atoms with Gasteiger partial charge in [-0.3, -0.25) is 9.59 Å². The van der Waals surface area contributed by atoms with Gasteiger partial charge in [-0.2, -0.15) is 0 Å². The molecule has 0 aromatic carbocycles. The van der Waals surface area contributed by atoms with Crippen LogP contribution in [0.3, 0.4) is 0 Å². The summed E-state index contributed by atoms with van der Waals surface area (Å²) >= 11 is 0. The Labute approximate surface area is 353 Å². The topological polar surface area (TPSA) is 95.9 Å². The van der Waals surface area contributed by atoms with E-state index in [1.165, 1.54) is 103 Å². The minimum atomic E-state index is -0.793. The monoisotopic (exact) mass is 800 g/mol. The summed E-state index contributed by atoms with van der Waals surface area (Å²) in [5.74, 6) is -0.504. The standard InChI is InChI=1S/C51H93NO5/c1-4-7-10-13-16-19-22-24-26-29-31-34-37-40-43-49(54)48(46-53)52-50(55)45-47(42-39-36-33-30-28-25-23-20-17-14-11-8-5-2)57-51(56)44-41-38-35-32-27-21-18-15-12-9-6-3/h8,11,14-15,17-18,20,23,47-49,53-54H,4-7,9-10,12-13,16,19,21-22,24-46H2,1-3H3,(H,52,55)/b11-8+,17-14+,18-15-,23-20+. The third-order valence-electron chi connectivity index (χ3n) is 11.0. The number of nitrogens with one attached hydrogen (secondary N) is 1. The van der Waals surface area contributed by atoms with E-state index >= 15 is 0 Å². The average molecular weight is 800 g/mol. The number of amides is 1. The van der Waals surface area contributed by atoms with Gasteiger partial charge in [-0.25, -0.2) is 0 Å². The van der Waals surface area contributed by atoms with Crippen molar-refractivity contribution < 1.29 is 24.5 Å². The van der Waals surface area contributed by atoms with Crippen LogP contribution in [0.2, 0.25) is 0 Å². The number of allylic oxidation sites excluding steroid dienone is 8. The predicted molar refractivity (Wildman–Crippen MR) is 245 cm³/mol. The number of rotatable bonds is 43. The largest absolute Gasteiger partial charge is 0.462 e. The molecular weight excluding hydrogens is 707 g/mol. The van der Waals surface area contributed by atoms with Crippen LogP contribution in [0.15, 0.2) is 48.6 Å². The number of aliphatic hydroxyl groups is 2. The van der Waals surface area contributed by atoms with Crippen molar-refractivity contribution in [1.29, 1.82) is 0 Å². The lowest BCUT2D eigenvalue weighted by atomic mass is 10.0. The van der Waals surface area contributed by atoms with Gasteiger partial charge in [0.1, 0.15) is 6.10 Å². The molecule has 0 aliphatic heterocycles. The summed E-state index contributed by atoms with van der Waals surface area (Å²) < 4.78 is 5.90. The number of esters is 1. The second-order valence-electron chi connectivity index (χ2n) is 16.5. The SMILES string of the molecule is CC/C=C/C=C/C=C/CCCCCCCC(CC(=O)NC(CO)C(O)CCCCCCCCCCCCCCCC)OC(=O)CCCCCCC/C=C\CCCC. The van der Waals surface area contributed by atoms with Crippen molar-refractivity contribution in [2.24, 2.45) is 0 Å². The molecule has 0 aromatic rings. The van der Waals surface area contributed by atoms with Crippen LogP contribution in [0.25, 0.3) is 0 Å². The maximum atomic E-state index is 13.2. The van der Waals surface area contributed by atoms with E-state index in [1.54, 1.807) is 0 Å². The van der Waals surface area contributed by atoms with Crippen LogP contribution >= 0.6 is 0 Å². The second kappa shape index (κ2) is 44.9. The Hall–Kier alpha value is -2.18. The first-order chi connectivity index (χ1) is 28.0. The highest BCUT2D eigenvalue weighted by Gasteiger charge is 2.24. The summed E-state index contributed by atoms with van der Waals surface area (Å²) in [5.41, 5.74) is 0. The van der Waals surface area contributed by atoms with Crippen molar-refractivity contribution >= 4 is 11.9 Å². The van der Waals surface area contributed by atoms with Crippen molar-refractivity contribution in [2.45, 2.75) is 257 Å². The zero-order chi connectivity index (χ0) is 41.7. The quantitative estimate of drug-likeness (QED) is 0.0247. The maximum absolute atomic E-state index is 13.2. The molecular formula is C51H93NO5. The zero-order valence-electron chi connectivity index (χ0n) is 37.7. The Kier molecular flexibility index (Phi) is 43.2. The Bertz CT molecular complexity index is 988. The predicted octanol–water partition coefficient (Wildman–Crippen LogP) is 14.3. The molecule has 0 rings (SSSR count). The maximum Gasteiger partial charge on any atom is 0.306 e. The van der Waals surface area contributed by atoms with Gasteiger partial charge in [0.25, 0.3) is 0 Å². The molecule has 0 aliphatic rings. The average Bonchev–Trinajstić information content (AvgIpc) is 3.20. The van der Waals surface area contributed by atoms with E-state index in [4.69, 9.17) is 4.74 Å². The number of ether oxygens (including phenoxy) is 1. The normalized spacial score (nSPS) is 13.7. The number of unbranched alkanes of at least 4 members (excludes halogenated alkanes) is 25. The van der Waals surface area contributed by atoms with E-state index in [2.05, 4.69) is 74.7 Å². The molecule has 0 radical (unpaired) electrons. The Morgan fingerprint density at radius 2 is 0.982 bits per heavy atom. The molecule has 57 heavy (non-hydrogen) atoms. The summed E-state index contributed by atoms with van der Waals surface area (Å²) in [4.78, 5) is 26.0. The fourth-order valence-electron chi connectivity index (χ4n) is 7.23. The van der Waals surface area contributed by atoms with E-state index in [1.807, 2.05) is 0 Å². The van der Waals surface area contributed by atoms with E-state index in [0.717, 1.165) is 89.9 Å². The molecule has 0 bridgehead atoms. The molecule has 3 atom stereocenters. The molecule has 3 unspecified atom stereocenters. The van der Waals surface area contributed by atoms with E-state index < -0.39 is 18.2 Å². The highest BCUT2D eigenvalue weighted by molar-refractivity contribution is 5.77. The highest BCUT2D eigenvalue weighted by Crippen LogP contribution is 2.18. The zero-order valence-corrected chi connectivity index (χ0v) is 37.7. The molecule has 0 saturated carbocycles. The van der Waals surface area contributed by atoms with Crippen LogP contribution in [-0.2, 0) is 14.3 Å². The van der Waals surface area contributed by atoms with Crippen LogP contribution in [0.1, 0.15) is 239 Å². The first-order valence-corrected chi connectivity index (χ1v) is 24.4. The third-order valence-corrected chi connectivity index (χ3v) is 11.0. The lowest BCUT2D eigenvalue weighted by Gasteiger charge is -2.24. The van der Waals surface area contributed by atoms with Crippen molar-refractivity contribution in [2.75, 3.05) is 6.61 Å². The molecule has 1 amide bonds. The molecule has 0 aromatic heterocycles. The molecule has 6 heteroatoms. The van der Waals surface area contributed by atoms with Gasteiger partial charge in [0.15, 0.2) is 0 Å². The Morgan fingerprint density at radius 3 is 1.53 bits per heavy atom. The molecule has 0 spiro atoms. The Morgan fingerprint density at radius 1 is 0.526 bits per heavy atom. The van der Waals surface area contributed by atoms with Crippen molar-refractivity contribution in [1.82, 2.24) is 5.32 Å². The van der Waals surface area contributed by atoms with Gasteiger partial charge in [-0.1, -0.05) is 211 Å². The van der Waals surface area contributed by atoms with Crippen LogP contribution in [-0.4, -0.2) is 46.9 Å². The van der Waals surface area contributed by atoms with E-state index in [9.17, 15) is 19.8 Å². The number of carbonyl (C=O) groups is 2. The third kappa shape index (κ3) is 40.4. The molecule has 0 aliphatic carbocycles. The molecule has 6 nitrogen and oxygen atoms in total. The van der Waals surface area contributed by atoms with Gasteiger partial charge in [0.05, 0.1) is 25.2 Å². The van der Waals surface area contributed by atoms with Gasteiger partial charge in [-0.05, 0) is 64.2 Å². The number of aliphatic hydroxyl groups excluding tert-OH is 2. The summed E-state index contributed by atoms with van der Waals surface area (Å²) in [7, 11) is 0. The van der Waals surface area contributed by atoms with Gasteiger partial charge < -0.3 is 20.3 Å². The lowest BCUT2D eigenvalue weighted by molar-refractivity contribution is -0.151. The minimum absolute atomic E-state index is 0.0609. The first-order valence-electron chi connectivity index (χ1n) is 24.4. The summed E-state index contributed by atoms with van der Waals surface area (Å²) in [5, 5.41) is 23.7. The van der Waals surface area contributed by atoms with Crippen molar-refractivity contribution in [3.63, 3.8) is 0 Å². The molecule has 0 saturated heterocycles. The smallest absolute Gasteiger partial charge is 0.306 e. The number of hydrogen-bond acceptors (Lipinski definition) is 5. The van der Waals surface area contributed by atoms with Crippen LogP contribution in [0.4, 0.5) is 0 Å². The number of carbonyl (C=O) groups excluding carboxylic acids is 2. The number of hydrogen-bond donors (Lipinski definition) is 3. The fourth-order valence-corrected chi connectivity index (χ4v) is 7.23. The Balaban J connectivity index is 4.59. The van der Waals surface area contributed by atoms with Crippen LogP contribution < -0.4 is 5.32 Å². The van der Waals surface area contributed by atoms with E-state index in [0.29, 0.717) is 19.3 Å². The van der Waals surface area contributed by atoms with Crippen molar-refractivity contribution in [3.8, 4) is 0 Å². The van der Waals surface area contributed by atoms with Crippen LogP contribution in [0, 0.1) is 0 Å². The molecule has 0 heterocycles. The molecule has 0 fully saturated rings. The first kappa shape index (κ1) is 54.8. The minimum Gasteiger partial charge on any atom is -0.462 e. The molecule has 3 N–H and O–H groups in total. The van der Waals surface area contributed by atoms with Gasteiger partial charge in [0, 0.05) is 6.42 Å². The second-order valence-corrected chi connectivity index (χ2v) is 16.5. The van der Waals surface area contributed by atoms with Gasteiger partial charge in [-0.15, -0.1) is 0 Å². The lowest BCUT2D eigenvalue weighted by Crippen LogP contribution is -2.46. The summed E-state index contributed by atoms with van der Waals surface area (Å²) in [6.07, 6.45) is 53.1.